The number of hydrogen-bond donors (Lipinski definition) is 1. The number of likely N-dealkylation sites (N-methyl/N-ethyl adjacent to an activating group) is 1. The van der Waals surface area contributed by atoms with Crippen LogP contribution < -0.4 is 15.4 Å². The number of carbonyl (C=O) groups is 2. The fourth-order valence-corrected chi connectivity index (χ4v) is 5.18. The molecule has 0 fully saturated rings. The topological polar surface area (TPSA) is 106 Å². The number of nitriles is 1. The van der Waals surface area contributed by atoms with E-state index in [0.29, 0.717) is 23.4 Å². The van der Waals surface area contributed by atoms with Crippen LogP contribution in [0.5, 0.6) is 5.75 Å². The lowest BCUT2D eigenvalue weighted by atomic mass is 9.63. The number of fused-ring (bicyclic) bond motifs is 3. The summed E-state index contributed by atoms with van der Waals surface area (Å²) in [4.78, 5) is 28.8. The summed E-state index contributed by atoms with van der Waals surface area (Å²) in [6, 6.07) is 16.8. The molecule has 2 N–H and O–H groups in total. The number of amides is 1. The Kier molecular flexibility index (Phi) is 4.34. The molecule has 1 spiro atoms. The minimum atomic E-state index is -1.57. The maximum atomic E-state index is 13.7. The van der Waals surface area contributed by atoms with Gasteiger partial charge < -0.3 is 20.1 Å². The van der Waals surface area contributed by atoms with Crippen molar-refractivity contribution in [1.82, 2.24) is 0 Å². The average molecular weight is 427 g/mol. The van der Waals surface area contributed by atoms with Gasteiger partial charge in [-0.15, -0.1) is 0 Å². The molecule has 5 rings (SSSR count). The Hall–Kier alpha value is -4.05. The van der Waals surface area contributed by atoms with Crippen molar-refractivity contribution in [2.45, 2.75) is 24.2 Å². The summed E-state index contributed by atoms with van der Waals surface area (Å²) < 4.78 is 11.1. The van der Waals surface area contributed by atoms with E-state index >= 15 is 0 Å². The minimum absolute atomic E-state index is 0.0331. The first-order valence-corrected chi connectivity index (χ1v) is 10.3. The van der Waals surface area contributed by atoms with E-state index in [0.717, 1.165) is 11.3 Å². The number of Topliss-reactive ketones (excluding diaryl/α,β-unsaturated/α-hetero) is 1. The summed E-state index contributed by atoms with van der Waals surface area (Å²) >= 11 is 0. The molecule has 7 heteroatoms. The van der Waals surface area contributed by atoms with Gasteiger partial charge in [0.15, 0.2) is 5.78 Å². The van der Waals surface area contributed by atoms with Gasteiger partial charge >= 0.3 is 0 Å². The van der Waals surface area contributed by atoms with Gasteiger partial charge in [-0.1, -0.05) is 30.3 Å². The van der Waals surface area contributed by atoms with Crippen molar-refractivity contribution in [2.24, 2.45) is 5.73 Å². The molecular weight excluding hydrogens is 406 g/mol. The van der Waals surface area contributed by atoms with E-state index in [1.54, 1.807) is 32.4 Å². The number of methoxy groups -OCH3 is 1. The van der Waals surface area contributed by atoms with Crippen molar-refractivity contribution < 1.29 is 19.1 Å². The van der Waals surface area contributed by atoms with E-state index in [-0.39, 0.29) is 41.1 Å². The lowest BCUT2D eigenvalue weighted by molar-refractivity contribution is -0.124. The first-order valence-electron chi connectivity index (χ1n) is 10.3. The zero-order valence-corrected chi connectivity index (χ0v) is 17.7. The number of hydrogen-bond acceptors (Lipinski definition) is 6. The minimum Gasteiger partial charge on any atom is -0.497 e. The van der Waals surface area contributed by atoms with Crippen molar-refractivity contribution in [2.75, 3.05) is 19.1 Å². The lowest BCUT2D eigenvalue weighted by Crippen LogP contribution is -2.48. The number of rotatable bonds is 2. The molecule has 32 heavy (non-hydrogen) atoms. The number of carbonyl (C=O) groups excluding carboxylic acids is 2. The van der Waals surface area contributed by atoms with Gasteiger partial charge in [-0.3, -0.25) is 9.59 Å². The van der Waals surface area contributed by atoms with E-state index in [1.165, 1.54) is 4.90 Å². The van der Waals surface area contributed by atoms with Crippen molar-refractivity contribution in [3.05, 3.63) is 82.4 Å². The SMILES string of the molecule is COc1ccc([C@@H]2CC(=O)C3=C(C2)OC(N)=C(C#N)[C@@]32C(=O)N(C)c3ccccc32)cc1. The summed E-state index contributed by atoms with van der Waals surface area (Å²) in [6.07, 6.45) is 0.599. The van der Waals surface area contributed by atoms with Gasteiger partial charge in [-0.25, -0.2) is 0 Å². The molecule has 160 valence electrons. The number of anilines is 1. The quantitative estimate of drug-likeness (QED) is 0.790. The molecule has 1 amide bonds. The summed E-state index contributed by atoms with van der Waals surface area (Å²) in [7, 11) is 3.24. The fraction of sp³-hybridized carbons (Fsp3) is 0.240. The predicted octanol–water partition coefficient (Wildman–Crippen LogP) is 3.03. The first-order chi connectivity index (χ1) is 15.4. The van der Waals surface area contributed by atoms with E-state index in [4.69, 9.17) is 15.2 Å². The monoisotopic (exact) mass is 427 g/mol. The molecule has 7 nitrogen and oxygen atoms in total. The molecular formula is C25H21N3O4. The molecule has 2 aliphatic heterocycles. The number of ether oxygens (including phenoxy) is 2. The van der Waals surface area contributed by atoms with Crippen LogP contribution in [0.15, 0.2) is 71.3 Å². The van der Waals surface area contributed by atoms with Gasteiger partial charge in [-0.2, -0.15) is 5.26 Å². The van der Waals surface area contributed by atoms with Gasteiger partial charge in [0, 0.05) is 31.1 Å². The van der Waals surface area contributed by atoms with Gasteiger partial charge in [-0.05, 0) is 29.7 Å². The molecule has 2 heterocycles. The van der Waals surface area contributed by atoms with Crippen molar-refractivity contribution in [1.29, 1.82) is 5.26 Å². The van der Waals surface area contributed by atoms with Crippen LogP contribution in [-0.4, -0.2) is 25.8 Å². The third kappa shape index (κ3) is 2.47. The molecule has 0 saturated carbocycles. The highest BCUT2D eigenvalue weighted by molar-refractivity contribution is 6.19. The van der Waals surface area contributed by atoms with Crippen LogP contribution in [0.3, 0.4) is 0 Å². The second-order valence-corrected chi connectivity index (χ2v) is 8.18. The maximum Gasteiger partial charge on any atom is 0.247 e. The van der Waals surface area contributed by atoms with Crippen LogP contribution in [0.25, 0.3) is 0 Å². The zero-order valence-electron chi connectivity index (χ0n) is 17.7. The first kappa shape index (κ1) is 19.9. The highest BCUT2D eigenvalue weighted by atomic mass is 16.5. The molecule has 2 aromatic rings. The van der Waals surface area contributed by atoms with Crippen LogP contribution in [0.1, 0.15) is 29.9 Å². The number of ketones is 1. The Morgan fingerprint density at radius 2 is 1.88 bits per heavy atom. The fourth-order valence-electron chi connectivity index (χ4n) is 5.18. The summed E-state index contributed by atoms with van der Waals surface area (Å²) in [5.41, 5.74) is 7.01. The highest BCUT2D eigenvalue weighted by Gasteiger charge is 2.61. The zero-order chi connectivity index (χ0) is 22.6. The Balaban J connectivity index is 1.69. The number of para-hydroxylation sites is 1. The number of allylic oxidation sites excluding steroid dienone is 1. The molecule has 0 bridgehead atoms. The van der Waals surface area contributed by atoms with E-state index < -0.39 is 5.41 Å². The Morgan fingerprint density at radius 3 is 2.56 bits per heavy atom. The summed E-state index contributed by atoms with van der Waals surface area (Å²) in [6.45, 7) is 0. The third-order valence-corrected chi connectivity index (χ3v) is 6.64. The van der Waals surface area contributed by atoms with Crippen LogP contribution >= 0.6 is 0 Å². The predicted molar refractivity (Wildman–Crippen MR) is 116 cm³/mol. The molecule has 2 aromatic carbocycles. The Bertz CT molecular complexity index is 1270. The largest absolute Gasteiger partial charge is 0.497 e. The van der Waals surface area contributed by atoms with Crippen LogP contribution in [0.4, 0.5) is 5.69 Å². The van der Waals surface area contributed by atoms with Crippen molar-refractivity contribution in [3.8, 4) is 11.8 Å². The molecule has 0 unspecified atom stereocenters. The second-order valence-electron chi connectivity index (χ2n) is 8.18. The number of benzene rings is 2. The van der Waals surface area contributed by atoms with Gasteiger partial charge in [0.25, 0.3) is 0 Å². The Morgan fingerprint density at radius 1 is 1.16 bits per heavy atom. The van der Waals surface area contributed by atoms with Gasteiger partial charge in [0.1, 0.15) is 28.6 Å². The molecule has 3 aliphatic rings. The van der Waals surface area contributed by atoms with E-state index in [2.05, 4.69) is 6.07 Å². The molecule has 1 aliphatic carbocycles. The van der Waals surface area contributed by atoms with Gasteiger partial charge in [0.05, 0.1) is 12.7 Å². The van der Waals surface area contributed by atoms with Crippen molar-refractivity contribution in [3.63, 3.8) is 0 Å². The summed E-state index contributed by atoms with van der Waals surface area (Å²) in [5, 5.41) is 9.99. The number of nitrogens with zero attached hydrogens (tertiary/aromatic N) is 2. The normalized spacial score (nSPS) is 24.3. The van der Waals surface area contributed by atoms with Crippen LogP contribution in [0, 0.1) is 11.3 Å². The smallest absolute Gasteiger partial charge is 0.247 e. The van der Waals surface area contributed by atoms with Gasteiger partial charge in [0.2, 0.25) is 11.8 Å². The van der Waals surface area contributed by atoms with E-state index in [9.17, 15) is 14.9 Å². The molecule has 0 aromatic heterocycles. The maximum absolute atomic E-state index is 13.7. The average Bonchev–Trinajstić information content (AvgIpc) is 3.02. The van der Waals surface area contributed by atoms with E-state index in [1.807, 2.05) is 30.3 Å². The molecule has 0 radical (unpaired) electrons. The molecule has 2 atom stereocenters. The standard InChI is InChI=1S/C25H21N3O4/c1-28-19-6-4-3-5-17(19)25(24(28)30)18(13-26)23(27)32-21-12-15(11-20(29)22(21)25)14-7-9-16(31-2)10-8-14/h3-10,15H,11-12,27H2,1-2H3/t15-,25-/m1/s1. The van der Waals surface area contributed by atoms with Crippen LogP contribution in [0.2, 0.25) is 0 Å². The Labute approximate surface area is 185 Å². The highest BCUT2D eigenvalue weighted by Crippen LogP contribution is 2.56. The molecule has 0 saturated heterocycles. The third-order valence-electron chi connectivity index (χ3n) is 6.64. The van der Waals surface area contributed by atoms with Crippen LogP contribution in [-0.2, 0) is 19.7 Å². The number of nitrogens with two attached hydrogens (primary N) is 1. The lowest BCUT2D eigenvalue weighted by Gasteiger charge is -2.39. The second kappa shape index (κ2) is 6.99. The van der Waals surface area contributed by atoms with Crippen molar-refractivity contribution >= 4 is 17.4 Å². The summed E-state index contributed by atoms with van der Waals surface area (Å²) in [5.74, 6) is 0.233.